The number of fused-ring (bicyclic) bond motifs is 1. The number of hydrogen-bond donors (Lipinski definition) is 4. The third-order valence-corrected chi connectivity index (χ3v) is 11.1. The van der Waals surface area contributed by atoms with Crippen LogP contribution in [0.2, 0.25) is 0 Å². The van der Waals surface area contributed by atoms with Crippen LogP contribution < -0.4 is 10.6 Å². The van der Waals surface area contributed by atoms with Gasteiger partial charge in [-0.2, -0.15) is 0 Å². The number of esters is 4. The lowest BCUT2D eigenvalue weighted by molar-refractivity contribution is -0.190. The van der Waals surface area contributed by atoms with Gasteiger partial charge in [-0.1, -0.05) is 71.6 Å². The first kappa shape index (κ1) is 51.0. The summed E-state index contributed by atoms with van der Waals surface area (Å²) >= 11 is 0. The van der Waals surface area contributed by atoms with Crippen molar-refractivity contribution < 1.29 is 67.4 Å². The van der Waals surface area contributed by atoms with Gasteiger partial charge >= 0.3 is 23.9 Å². The first-order valence-electron chi connectivity index (χ1n) is 22.2. The molecule has 1 aliphatic carbocycles. The topological polar surface area (TPSA) is 222 Å². The number of hydrogen-bond acceptors (Lipinski definition) is 14. The van der Waals surface area contributed by atoms with Gasteiger partial charge in [0.05, 0.1) is 24.3 Å². The fraction of sp³-hybridized carbons (Fsp3) is 0.660. The van der Waals surface area contributed by atoms with Crippen molar-refractivity contribution in [1.29, 1.82) is 0 Å². The third kappa shape index (κ3) is 14.7. The summed E-state index contributed by atoms with van der Waals surface area (Å²) in [5.74, 6) is -5.23. The second-order valence-corrected chi connectivity index (χ2v) is 18.4. The normalized spacial score (nSPS) is 22.8. The van der Waals surface area contributed by atoms with Gasteiger partial charge in [0.2, 0.25) is 17.9 Å². The highest BCUT2D eigenvalue weighted by atomic mass is 16.8. The number of amides is 2. The molecule has 63 heavy (non-hydrogen) atoms. The number of carbonyl (C=O) groups excluding carboxylic acids is 6. The van der Waals surface area contributed by atoms with Crippen LogP contribution in [0.3, 0.4) is 0 Å². The van der Waals surface area contributed by atoms with E-state index in [9.17, 15) is 39.0 Å². The van der Waals surface area contributed by atoms with Gasteiger partial charge in [-0.15, -0.1) is 0 Å². The number of ether oxygens (including phenoxy) is 6. The van der Waals surface area contributed by atoms with E-state index in [1.807, 2.05) is 0 Å². The largest absolute Gasteiger partial charge is 0.462 e. The quantitative estimate of drug-likeness (QED) is 0.0512. The summed E-state index contributed by atoms with van der Waals surface area (Å²) in [6, 6.07) is 4.10. The average Bonchev–Trinajstić information content (AvgIpc) is 3.71. The molecule has 16 nitrogen and oxygen atoms in total. The maximum Gasteiger partial charge on any atom is 0.348 e. The molecule has 0 aromatic heterocycles. The molecule has 0 radical (unpaired) electrons. The van der Waals surface area contributed by atoms with Crippen LogP contribution in [0.4, 0.5) is 0 Å². The standard InChI is InChI=1S/C47H68N2O14/c1-9-11-15-23-47(24-16-12-10-2)61-35-26-31(41(54)49-38(29(3)51)42(55)48-32(27-50)20-22-37(53)62-45(4,5)6)25-34(39(35)63-47)59-43(56)33-18-14-13-17-30(33)19-21-36(52)60-40-44(57)58-28-46(40,7)8/h13-14,17-19,21,26,29,32,34-35,38-40,50-51H,9-12,15-16,20,22-25,27-28H2,1-8H3,(H,48,55)(H,49,54). The maximum atomic E-state index is 14.1. The average molecular weight is 885 g/mol. The number of rotatable bonds is 22. The van der Waals surface area contributed by atoms with Crippen LogP contribution in [-0.2, 0) is 52.4 Å². The Hall–Kier alpha value is -4.64. The van der Waals surface area contributed by atoms with Crippen LogP contribution in [0.5, 0.6) is 0 Å². The molecule has 7 unspecified atom stereocenters. The summed E-state index contributed by atoms with van der Waals surface area (Å²) in [7, 11) is 0. The Kier molecular flexibility index (Phi) is 18.5. The number of benzene rings is 1. The van der Waals surface area contributed by atoms with Crippen LogP contribution in [0, 0.1) is 5.41 Å². The molecular weight excluding hydrogens is 817 g/mol. The Labute approximate surface area is 370 Å². The number of nitrogens with one attached hydrogen (secondary N) is 2. The number of cyclic esters (lactones) is 1. The van der Waals surface area contributed by atoms with E-state index >= 15 is 0 Å². The number of carbonyl (C=O) groups is 6. The monoisotopic (exact) mass is 884 g/mol. The Balaban J connectivity index is 1.57. The minimum absolute atomic E-state index is 0.0484. The van der Waals surface area contributed by atoms with Crippen LogP contribution in [0.25, 0.3) is 6.08 Å². The zero-order valence-corrected chi connectivity index (χ0v) is 38.1. The summed E-state index contributed by atoms with van der Waals surface area (Å²) in [5.41, 5.74) is -0.871. The smallest absolute Gasteiger partial charge is 0.348 e. The molecule has 4 rings (SSSR count). The minimum atomic E-state index is -1.47. The number of aliphatic hydroxyl groups excluding tert-OH is 2. The molecule has 0 spiro atoms. The summed E-state index contributed by atoms with van der Waals surface area (Å²) in [6.45, 7) is 13.8. The predicted octanol–water partition coefficient (Wildman–Crippen LogP) is 5.16. The summed E-state index contributed by atoms with van der Waals surface area (Å²) < 4.78 is 35.4. The van der Waals surface area contributed by atoms with E-state index in [2.05, 4.69) is 24.5 Å². The zero-order valence-electron chi connectivity index (χ0n) is 38.1. The molecule has 2 fully saturated rings. The van der Waals surface area contributed by atoms with Gasteiger partial charge < -0.3 is 49.3 Å². The Morgan fingerprint density at radius 3 is 2.22 bits per heavy atom. The van der Waals surface area contributed by atoms with E-state index in [0.29, 0.717) is 18.4 Å². The fourth-order valence-electron chi connectivity index (χ4n) is 7.70. The van der Waals surface area contributed by atoms with Crippen molar-refractivity contribution in [2.45, 2.75) is 180 Å². The lowest BCUT2D eigenvalue weighted by atomic mass is 9.90. The SMILES string of the molecule is CCCCCC1(CCCCC)OC2C=C(C(=O)NC(C(=O)NC(CO)CCC(=O)OC(C)(C)C)C(C)O)CC(OC(=O)c3ccccc3C=CC(=O)OC3C(=O)OCC3(C)C)C2O1. The van der Waals surface area contributed by atoms with Gasteiger partial charge in [0.1, 0.15) is 36.6 Å². The van der Waals surface area contributed by atoms with Crippen LogP contribution in [0.1, 0.15) is 142 Å². The molecule has 2 amide bonds. The predicted molar refractivity (Wildman–Crippen MR) is 230 cm³/mol. The van der Waals surface area contributed by atoms with Crippen molar-refractivity contribution in [1.82, 2.24) is 10.6 Å². The van der Waals surface area contributed by atoms with E-state index in [0.717, 1.165) is 44.6 Å². The lowest BCUT2D eigenvalue weighted by Gasteiger charge is -2.32. The molecule has 2 saturated heterocycles. The fourth-order valence-corrected chi connectivity index (χ4v) is 7.70. The molecule has 350 valence electrons. The third-order valence-electron chi connectivity index (χ3n) is 11.1. The van der Waals surface area contributed by atoms with Crippen molar-refractivity contribution in [3.8, 4) is 0 Å². The molecule has 2 heterocycles. The summed E-state index contributed by atoms with van der Waals surface area (Å²) in [5, 5.41) is 25.9. The summed E-state index contributed by atoms with van der Waals surface area (Å²) in [6.07, 6.45) is 5.46. The van der Waals surface area contributed by atoms with Crippen LogP contribution in [0.15, 0.2) is 42.0 Å². The van der Waals surface area contributed by atoms with Gasteiger partial charge in [0.15, 0.2) is 5.79 Å². The minimum Gasteiger partial charge on any atom is -0.462 e. The first-order chi connectivity index (χ1) is 29.7. The Morgan fingerprint density at radius 2 is 1.63 bits per heavy atom. The number of unbranched alkanes of at least 4 members (excludes halogenated alkanes) is 4. The molecule has 4 N–H and O–H groups in total. The molecular formula is C47H68N2O14. The highest BCUT2D eigenvalue weighted by molar-refractivity contribution is 5.98. The molecule has 2 aliphatic heterocycles. The molecule has 1 aromatic rings. The summed E-state index contributed by atoms with van der Waals surface area (Å²) in [4.78, 5) is 79.0. The molecule has 0 saturated carbocycles. The lowest BCUT2D eigenvalue weighted by Crippen LogP contribution is -2.55. The maximum absolute atomic E-state index is 14.1. The van der Waals surface area contributed by atoms with Crippen molar-refractivity contribution in [3.05, 3.63) is 53.1 Å². The van der Waals surface area contributed by atoms with Crippen LogP contribution >= 0.6 is 0 Å². The molecule has 0 bridgehead atoms. The van der Waals surface area contributed by atoms with Crippen molar-refractivity contribution >= 4 is 41.8 Å². The van der Waals surface area contributed by atoms with Gasteiger partial charge in [-0.3, -0.25) is 14.4 Å². The van der Waals surface area contributed by atoms with E-state index in [4.69, 9.17) is 28.4 Å². The van der Waals surface area contributed by atoms with E-state index in [1.54, 1.807) is 58.9 Å². The number of aliphatic hydroxyl groups is 2. The van der Waals surface area contributed by atoms with E-state index in [-0.39, 0.29) is 37.0 Å². The van der Waals surface area contributed by atoms with Crippen molar-refractivity contribution in [3.63, 3.8) is 0 Å². The van der Waals surface area contributed by atoms with Gasteiger partial charge in [-0.05, 0) is 70.7 Å². The van der Waals surface area contributed by atoms with Crippen LogP contribution in [-0.4, -0.2) is 113 Å². The highest BCUT2D eigenvalue weighted by Gasteiger charge is 2.53. The Morgan fingerprint density at radius 1 is 0.968 bits per heavy atom. The molecule has 16 heteroatoms. The van der Waals surface area contributed by atoms with Gasteiger partial charge in [-0.25, -0.2) is 14.4 Å². The Bertz CT molecular complexity index is 1820. The zero-order chi connectivity index (χ0) is 46.5. The second kappa shape index (κ2) is 22.8. The highest BCUT2D eigenvalue weighted by Crippen LogP contribution is 2.43. The molecule has 1 aromatic carbocycles. The first-order valence-corrected chi connectivity index (χ1v) is 22.2. The van der Waals surface area contributed by atoms with Gasteiger partial charge in [0, 0.05) is 42.7 Å². The van der Waals surface area contributed by atoms with Crippen molar-refractivity contribution in [2.75, 3.05) is 13.2 Å². The second-order valence-electron chi connectivity index (χ2n) is 18.4. The van der Waals surface area contributed by atoms with Gasteiger partial charge in [0.25, 0.3) is 0 Å². The van der Waals surface area contributed by atoms with E-state index in [1.165, 1.54) is 19.1 Å². The molecule has 3 aliphatic rings. The van der Waals surface area contributed by atoms with E-state index < -0.39 is 102 Å². The molecule has 7 atom stereocenters. The van der Waals surface area contributed by atoms with Crippen molar-refractivity contribution in [2.24, 2.45) is 5.41 Å².